The second kappa shape index (κ2) is 5.21. The van der Waals surface area contributed by atoms with Crippen molar-refractivity contribution in [3.8, 4) is 0 Å². The van der Waals surface area contributed by atoms with Crippen molar-refractivity contribution in [2.75, 3.05) is 0 Å². The smallest absolute Gasteiger partial charge is 0.408 e. The van der Waals surface area contributed by atoms with Crippen LogP contribution in [0.4, 0.5) is 4.79 Å². The van der Waals surface area contributed by atoms with Gasteiger partial charge in [-0.2, -0.15) is 0 Å². The number of fused-ring (bicyclic) bond motifs is 1. The number of alkyl carbamates (subject to hydrolysis) is 1. The van der Waals surface area contributed by atoms with Gasteiger partial charge < -0.3 is 15.0 Å². The monoisotopic (exact) mass is 325 g/mol. The van der Waals surface area contributed by atoms with Gasteiger partial charge in [0.05, 0.1) is 17.6 Å². The first-order valence-electron chi connectivity index (χ1n) is 5.94. The van der Waals surface area contributed by atoms with Crippen LogP contribution in [0, 0.1) is 0 Å². The predicted molar refractivity (Wildman–Crippen MR) is 76.9 cm³/mol. The summed E-state index contributed by atoms with van der Waals surface area (Å²) in [4.78, 5) is 19.0. The van der Waals surface area contributed by atoms with Crippen molar-refractivity contribution in [1.82, 2.24) is 15.3 Å². The molecule has 0 bridgehead atoms. The number of benzene rings is 1. The molecule has 2 rings (SSSR count). The third kappa shape index (κ3) is 3.96. The second-order valence-corrected chi connectivity index (χ2v) is 6.12. The van der Waals surface area contributed by atoms with Gasteiger partial charge >= 0.3 is 6.09 Å². The standard InChI is InChI=1S/C13H16BrN3O2/c1-13(2,3)19-12(18)15-7-11-16-9-5-4-8(14)6-10(9)17-11/h4-6H,7H2,1-3H3,(H,15,18)(H,16,17). The molecule has 0 aliphatic rings. The number of hydrogen-bond acceptors (Lipinski definition) is 3. The van der Waals surface area contributed by atoms with Crippen molar-refractivity contribution in [2.45, 2.75) is 32.9 Å². The number of imidazole rings is 1. The van der Waals surface area contributed by atoms with Crippen LogP contribution in [0.1, 0.15) is 26.6 Å². The summed E-state index contributed by atoms with van der Waals surface area (Å²) >= 11 is 3.40. The molecule has 0 saturated heterocycles. The van der Waals surface area contributed by atoms with E-state index in [1.54, 1.807) is 0 Å². The molecule has 19 heavy (non-hydrogen) atoms. The maximum atomic E-state index is 11.5. The minimum Gasteiger partial charge on any atom is -0.444 e. The van der Waals surface area contributed by atoms with E-state index < -0.39 is 11.7 Å². The van der Waals surface area contributed by atoms with Gasteiger partial charge in [0.25, 0.3) is 0 Å². The molecular weight excluding hydrogens is 310 g/mol. The molecule has 0 spiro atoms. The Morgan fingerprint density at radius 3 is 2.89 bits per heavy atom. The van der Waals surface area contributed by atoms with Crippen molar-refractivity contribution >= 4 is 33.1 Å². The summed E-state index contributed by atoms with van der Waals surface area (Å²) in [5.74, 6) is 0.693. The third-order valence-corrected chi connectivity index (χ3v) is 2.79. The Kier molecular flexibility index (Phi) is 3.80. The molecule has 0 saturated carbocycles. The second-order valence-electron chi connectivity index (χ2n) is 5.20. The Hall–Kier alpha value is -1.56. The Bertz CT molecular complexity index is 601. The van der Waals surface area contributed by atoms with E-state index in [-0.39, 0.29) is 0 Å². The molecule has 0 unspecified atom stereocenters. The van der Waals surface area contributed by atoms with Gasteiger partial charge in [0.1, 0.15) is 11.4 Å². The summed E-state index contributed by atoms with van der Waals surface area (Å²) in [6, 6.07) is 5.78. The molecule has 102 valence electrons. The van der Waals surface area contributed by atoms with Gasteiger partial charge in [0.15, 0.2) is 0 Å². The summed E-state index contributed by atoms with van der Waals surface area (Å²) in [6.07, 6.45) is -0.450. The van der Waals surface area contributed by atoms with Crippen molar-refractivity contribution in [1.29, 1.82) is 0 Å². The molecule has 6 heteroatoms. The quantitative estimate of drug-likeness (QED) is 0.889. The predicted octanol–water partition coefficient (Wildman–Crippen LogP) is 3.35. The van der Waals surface area contributed by atoms with E-state index in [2.05, 4.69) is 31.2 Å². The topological polar surface area (TPSA) is 67.0 Å². The van der Waals surface area contributed by atoms with Crippen molar-refractivity contribution in [2.24, 2.45) is 0 Å². The number of carbonyl (C=O) groups excluding carboxylic acids is 1. The van der Waals surface area contributed by atoms with Gasteiger partial charge in [0.2, 0.25) is 0 Å². The number of nitrogens with zero attached hydrogens (tertiary/aromatic N) is 1. The molecule has 1 heterocycles. The van der Waals surface area contributed by atoms with Crippen molar-refractivity contribution in [3.63, 3.8) is 0 Å². The summed E-state index contributed by atoms with van der Waals surface area (Å²) in [5.41, 5.74) is 1.29. The summed E-state index contributed by atoms with van der Waals surface area (Å²) < 4.78 is 6.14. The van der Waals surface area contributed by atoms with E-state index in [0.29, 0.717) is 12.4 Å². The normalized spacial score (nSPS) is 11.6. The number of halogens is 1. The lowest BCUT2D eigenvalue weighted by Crippen LogP contribution is -2.32. The van der Waals surface area contributed by atoms with Crippen LogP contribution in [-0.2, 0) is 11.3 Å². The lowest BCUT2D eigenvalue weighted by molar-refractivity contribution is 0.0522. The van der Waals surface area contributed by atoms with E-state index in [1.165, 1.54) is 0 Å². The first kappa shape index (κ1) is 13.9. The van der Waals surface area contributed by atoms with Crippen LogP contribution >= 0.6 is 15.9 Å². The van der Waals surface area contributed by atoms with Crippen molar-refractivity contribution in [3.05, 3.63) is 28.5 Å². The largest absolute Gasteiger partial charge is 0.444 e. The van der Waals surface area contributed by atoms with E-state index in [4.69, 9.17) is 4.74 Å². The maximum Gasteiger partial charge on any atom is 0.408 e. The highest BCUT2D eigenvalue weighted by Crippen LogP contribution is 2.17. The molecule has 1 aromatic heterocycles. The molecular formula is C13H16BrN3O2. The SMILES string of the molecule is CC(C)(C)OC(=O)NCc1nc2ccc(Br)cc2[nH]1. The van der Waals surface area contributed by atoms with Crippen LogP contribution < -0.4 is 5.32 Å². The van der Waals surface area contributed by atoms with E-state index >= 15 is 0 Å². The summed E-state index contributed by atoms with van der Waals surface area (Å²) in [5, 5.41) is 2.66. The molecule has 0 fully saturated rings. The van der Waals surface area contributed by atoms with Gasteiger partial charge in [-0.15, -0.1) is 0 Å². The summed E-state index contributed by atoms with van der Waals surface area (Å²) in [7, 11) is 0. The van der Waals surface area contributed by atoms with Gasteiger partial charge in [-0.25, -0.2) is 9.78 Å². The van der Waals surface area contributed by atoms with Crippen LogP contribution in [0.2, 0.25) is 0 Å². The Morgan fingerprint density at radius 2 is 2.21 bits per heavy atom. The molecule has 0 radical (unpaired) electrons. The number of aromatic amines is 1. The van der Waals surface area contributed by atoms with Gasteiger partial charge in [-0.3, -0.25) is 0 Å². The zero-order valence-corrected chi connectivity index (χ0v) is 12.7. The zero-order valence-electron chi connectivity index (χ0n) is 11.1. The highest BCUT2D eigenvalue weighted by atomic mass is 79.9. The minimum absolute atomic E-state index is 0.307. The number of nitrogens with one attached hydrogen (secondary N) is 2. The molecule has 1 aromatic carbocycles. The fourth-order valence-electron chi connectivity index (χ4n) is 1.59. The highest BCUT2D eigenvalue weighted by molar-refractivity contribution is 9.10. The Balaban J connectivity index is 2.00. The van der Waals surface area contributed by atoms with Gasteiger partial charge in [-0.1, -0.05) is 15.9 Å². The van der Waals surface area contributed by atoms with Crippen LogP contribution in [0.3, 0.4) is 0 Å². The number of H-pyrrole nitrogens is 1. The molecule has 0 aliphatic heterocycles. The molecule has 1 amide bonds. The zero-order chi connectivity index (χ0) is 14.0. The van der Waals surface area contributed by atoms with Crippen LogP contribution in [-0.4, -0.2) is 21.7 Å². The number of hydrogen-bond donors (Lipinski definition) is 2. The van der Waals surface area contributed by atoms with E-state index in [9.17, 15) is 4.79 Å². The highest BCUT2D eigenvalue weighted by Gasteiger charge is 2.16. The number of amides is 1. The lowest BCUT2D eigenvalue weighted by atomic mass is 10.2. The average molecular weight is 326 g/mol. The molecule has 5 nitrogen and oxygen atoms in total. The molecule has 0 atom stereocenters. The number of ether oxygens (including phenoxy) is 1. The summed E-state index contributed by atoms with van der Waals surface area (Å²) in [6.45, 7) is 5.78. The van der Waals surface area contributed by atoms with E-state index in [0.717, 1.165) is 15.5 Å². The van der Waals surface area contributed by atoms with Crippen LogP contribution in [0.25, 0.3) is 11.0 Å². The van der Waals surface area contributed by atoms with Gasteiger partial charge in [-0.05, 0) is 39.0 Å². The minimum atomic E-state index is -0.497. The fourth-order valence-corrected chi connectivity index (χ4v) is 1.95. The average Bonchev–Trinajstić information content (AvgIpc) is 2.66. The first-order chi connectivity index (χ1) is 8.83. The lowest BCUT2D eigenvalue weighted by Gasteiger charge is -2.19. The van der Waals surface area contributed by atoms with Crippen molar-refractivity contribution < 1.29 is 9.53 Å². The molecule has 2 N–H and O–H groups in total. The molecule has 2 aromatic rings. The maximum absolute atomic E-state index is 11.5. The van der Waals surface area contributed by atoms with Crippen LogP contribution in [0.15, 0.2) is 22.7 Å². The number of carbonyl (C=O) groups is 1. The van der Waals surface area contributed by atoms with E-state index in [1.807, 2.05) is 39.0 Å². The fraction of sp³-hybridized carbons (Fsp3) is 0.385. The Morgan fingerprint density at radius 1 is 1.47 bits per heavy atom. The Labute approximate surface area is 119 Å². The first-order valence-corrected chi connectivity index (χ1v) is 6.74. The number of aromatic nitrogens is 2. The molecule has 0 aliphatic carbocycles. The number of rotatable bonds is 2. The third-order valence-electron chi connectivity index (χ3n) is 2.29. The van der Waals surface area contributed by atoms with Gasteiger partial charge in [0, 0.05) is 4.47 Å². The van der Waals surface area contributed by atoms with Crippen LogP contribution in [0.5, 0.6) is 0 Å².